The summed E-state index contributed by atoms with van der Waals surface area (Å²) < 4.78 is 0. The molecular formula is C17H36N2. The van der Waals surface area contributed by atoms with Gasteiger partial charge >= 0.3 is 0 Å². The van der Waals surface area contributed by atoms with Gasteiger partial charge in [-0.3, -0.25) is 0 Å². The van der Waals surface area contributed by atoms with Crippen molar-refractivity contribution in [1.29, 1.82) is 0 Å². The van der Waals surface area contributed by atoms with E-state index in [1.807, 2.05) is 0 Å². The van der Waals surface area contributed by atoms with Gasteiger partial charge in [-0.2, -0.15) is 0 Å². The van der Waals surface area contributed by atoms with E-state index in [0.29, 0.717) is 17.5 Å². The van der Waals surface area contributed by atoms with Gasteiger partial charge in [-0.05, 0) is 57.0 Å². The zero-order chi connectivity index (χ0) is 14.6. The molecule has 1 N–H and O–H groups in total. The van der Waals surface area contributed by atoms with E-state index in [4.69, 9.17) is 0 Å². The van der Waals surface area contributed by atoms with E-state index in [-0.39, 0.29) is 0 Å². The highest BCUT2D eigenvalue weighted by Crippen LogP contribution is 2.41. The molecule has 19 heavy (non-hydrogen) atoms. The van der Waals surface area contributed by atoms with Gasteiger partial charge in [0.2, 0.25) is 0 Å². The fourth-order valence-electron chi connectivity index (χ4n) is 3.50. The van der Waals surface area contributed by atoms with Crippen LogP contribution in [0.3, 0.4) is 0 Å². The smallest absolute Gasteiger partial charge is 0.0159 e. The average molecular weight is 268 g/mol. The Balaban J connectivity index is 2.60. The van der Waals surface area contributed by atoms with Gasteiger partial charge in [-0.25, -0.2) is 0 Å². The third-order valence-corrected chi connectivity index (χ3v) is 5.27. The first-order chi connectivity index (χ1) is 8.79. The van der Waals surface area contributed by atoms with Crippen LogP contribution in [-0.2, 0) is 0 Å². The molecule has 0 aromatic rings. The van der Waals surface area contributed by atoms with Crippen LogP contribution in [-0.4, -0.2) is 37.1 Å². The molecule has 114 valence electrons. The first kappa shape index (κ1) is 17.0. The molecule has 0 spiro atoms. The SMILES string of the molecule is CCCNC1C(CN(C)C(C)C(C)C)CCC1(C)C. The van der Waals surface area contributed by atoms with E-state index in [1.54, 1.807) is 0 Å². The number of hydrogen-bond acceptors (Lipinski definition) is 2. The van der Waals surface area contributed by atoms with E-state index < -0.39 is 0 Å². The minimum absolute atomic E-state index is 0.460. The third-order valence-electron chi connectivity index (χ3n) is 5.27. The molecule has 0 radical (unpaired) electrons. The summed E-state index contributed by atoms with van der Waals surface area (Å²) >= 11 is 0. The molecule has 3 atom stereocenters. The Morgan fingerprint density at radius 2 is 1.89 bits per heavy atom. The van der Waals surface area contributed by atoms with Crippen molar-refractivity contribution < 1.29 is 0 Å². The molecule has 0 bridgehead atoms. The van der Waals surface area contributed by atoms with Gasteiger partial charge in [0, 0.05) is 18.6 Å². The van der Waals surface area contributed by atoms with Crippen LogP contribution in [0.25, 0.3) is 0 Å². The van der Waals surface area contributed by atoms with Crippen molar-refractivity contribution in [2.75, 3.05) is 20.1 Å². The lowest BCUT2D eigenvalue weighted by molar-refractivity contribution is 0.153. The van der Waals surface area contributed by atoms with Crippen LogP contribution in [0, 0.1) is 17.3 Å². The second-order valence-corrected chi connectivity index (χ2v) is 7.64. The lowest BCUT2D eigenvalue weighted by Crippen LogP contribution is -2.47. The monoisotopic (exact) mass is 268 g/mol. The second kappa shape index (κ2) is 7.08. The highest BCUT2D eigenvalue weighted by atomic mass is 15.1. The molecule has 1 saturated carbocycles. The molecule has 0 aromatic heterocycles. The van der Waals surface area contributed by atoms with Crippen LogP contribution >= 0.6 is 0 Å². The quantitative estimate of drug-likeness (QED) is 0.756. The van der Waals surface area contributed by atoms with Crippen LogP contribution in [0.4, 0.5) is 0 Å². The van der Waals surface area contributed by atoms with Gasteiger partial charge in [-0.1, -0.05) is 34.6 Å². The Kier molecular flexibility index (Phi) is 6.32. The normalized spacial score (nSPS) is 28.3. The van der Waals surface area contributed by atoms with Gasteiger partial charge in [0.15, 0.2) is 0 Å². The number of nitrogens with zero attached hydrogens (tertiary/aromatic N) is 1. The van der Waals surface area contributed by atoms with E-state index in [0.717, 1.165) is 18.4 Å². The maximum absolute atomic E-state index is 3.82. The van der Waals surface area contributed by atoms with Crippen molar-refractivity contribution >= 4 is 0 Å². The fourth-order valence-corrected chi connectivity index (χ4v) is 3.50. The first-order valence-corrected chi connectivity index (χ1v) is 8.23. The molecule has 0 aliphatic heterocycles. The number of rotatable bonds is 7. The third kappa shape index (κ3) is 4.46. The molecule has 1 aliphatic rings. The predicted octanol–water partition coefficient (Wildman–Crippen LogP) is 3.77. The zero-order valence-electron chi connectivity index (χ0n) is 14.3. The van der Waals surface area contributed by atoms with Crippen LogP contribution in [0.5, 0.6) is 0 Å². The minimum Gasteiger partial charge on any atom is -0.313 e. The Morgan fingerprint density at radius 3 is 2.42 bits per heavy atom. The molecule has 0 saturated heterocycles. The predicted molar refractivity (Wildman–Crippen MR) is 85.5 cm³/mol. The highest BCUT2D eigenvalue weighted by molar-refractivity contribution is 4.97. The Hall–Kier alpha value is -0.0800. The van der Waals surface area contributed by atoms with Crippen LogP contribution in [0.15, 0.2) is 0 Å². The molecule has 1 aliphatic carbocycles. The van der Waals surface area contributed by atoms with Crippen molar-refractivity contribution in [3.05, 3.63) is 0 Å². The van der Waals surface area contributed by atoms with Gasteiger partial charge in [0.05, 0.1) is 0 Å². The molecule has 0 heterocycles. The van der Waals surface area contributed by atoms with Crippen LogP contribution < -0.4 is 5.32 Å². The van der Waals surface area contributed by atoms with Crippen molar-refractivity contribution in [2.45, 2.75) is 72.9 Å². The van der Waals surface area contributed by atoms with Gasteiger partial charge in [0.1, 0.15) is 0 Å². The summed E-state index contributed by atoms with van der Waals surface area (Å²) in [5.74, 6) is 1.55. The topological polar surface area (TPSA) is 15.3 Å². The molecule has 1 fully saturated rings. The molecule has 2 nitrogen and oxygen atoms in total. The summed E-state index contributed by atoms with van der Waals surface area (Å²) in [6, 6.07) is 1.37. The fraction of sp³-hybridized carbons (Fsp3) is 1.00. The molecule has 0 aromatic carbocycles. The van der Waals surface area contributed by atoms with Crippen LogP contribution in [0.2, 0.25) is 0 Å². The second-order valence-electron chi connectivity index (χ2n) is 7.64. The van der Waals surface area contributed by atoms with Crippen molar-refractivity contribution in [3.63, 3.8) is 0 Å². The molecule has 1 rings (SSSR count). The first-order valence-electron chi connectivity index (χ1n) is 8.23. The molecule has 0 amide bonds. The van der Waals surface area contributed by atoms with Crippen molar-refractivity contribution in [3.8, 4) is 0 Å². The summed E-state index contributed by atoms with van der Waals surface area (Å²) in [5, 5.41) is 3.82. The standard InChI is InChI=1S/C17H36N2/c1-8-11-18-16-15(9-10-17(16,5)6)12-19(7)14(4)13(2)3/h13-16,18H,8-12H2,1-7H3. The summed E-state index contributed by atoms with van der Waals surface area (Å²) in [5.41, 5.74) is 0.460. The average Bonchev–Trinajstić information content (AvgIpc) is 2.61. The summed E-state index contributed by atoms with van der Waals surface area (Å²) in [6.07, 6.45) is 3.98. The van der Waals surface area contributed by atoms with Crippen LogP contribution in [0.1, 0.15) is 60.8 Å². The molecule has 3 unspecified atom stereocenters. The van der Waals surface area contributed by atoms with Gasteiger partial charge in [-0.15, -0.1) is 0 Å². The van der Waals surface area contributed by atoms with Crippen molar-refractivity contribution in [1.82, 2.24) is 10.2 Å². The molecule has 2 heteroatoms. The summed E-state index contributed by atoms with van der Waals surface area (Å²) in [4.78, 5) is 2.57. The van der Waals surface area contributed by atoms with E-state index >= 15 is 0 Å². The van der Waals surface area contributed by atoms with Gasteiger partial charge in [0.25, 0.3) is 0 Å². The lowest BCUT2D eigenvalue weighted by Gasteiger charge is -2.36. The zero-order valence-corrected chi connectivity index (χ0v) is 14.3. The largest absolute Gasteiger partial charge is 0.313 e. The molecular weight excluding hydrogens is 232 g/mol. The number of nitrogens with one attached hydrogen (secondary N) is 1. The Morgan fingerprint density at radius 1 is 1.26 bits per heavy atom. The lowest BCUT2D eigenvalue weighted by atomic mass is 9.84. The summed E-state index contributed by atoms with van der Waals surface area (Å²) in [6.45, 7) is 16.5. The minimum atomic E-state index is 0.460. The number of hydrogen-bond donors (Lipinski definition) is 1. The Bertz CT molecular complexity index is 260. The summed E-state index contributed by atoms with van der Waals surface area (Å²) in [7, 11) is 2.30. The maximum Gasteiger partial charge on any atom is 0.0159 e. The van der Waals surface area contributed by atoms with E-state index in [9.17, 15) is 0 Å². The van der Waals surface area contributed by atoms with E-state index in [1.165, 1.54) is 25.8 Å². The van der Waals surface area contributed by atoms with Gasteiger partial charge < -0.3 is 10.2 Å². The maximum atomic E-state index is 3.82. The highest BCUT2D eigenvalue weighted by Gasteiger charge is 2.41. The Labute approximate surface area is 121 Å². The van der Waals surface area contributed by atoms with E-state index in [2.05, 4.69) is 58.8 Å². The van der Waals surface area contributed by atoms with Crippen molar-refractivity contribution in [2.24, 2.45) is 17.3 Å².